The number of Topliss-reactive ketones (excluding diaryl/α,β-unsaturated/α-hetero) is 1. The van der Waals surface area contributed by atoms with Gasteiger partial charge in [0, 0.05) is 12.8 Å². The van der Waals surface area contributed by atoms with Crippen LogP contribution >= 0.6 is 0 Å². The highest BCUT2D eigenvalue weighted by Gasteiger charge is 2.36. The molecule has 0 N–H and O–H groups in total. The minimum Gasteiger partial charge on any atom is -0.300 e. The first-order chi connectivity index (χ1) is 4.52. The molecule has 1 nitrogen and oxygen atoms in total. The van der Waals surface area contributed by atoms with E-state index in [1.807, 2.05) is 0 Å². The molecule has 0 spiro atoms. The van der Waals surface area contributed by atoms with Crippen molar-refractivity contribution in [1.82, 2.24) is 0 Å². The van der Waals surface area contributed by atoms with Gasteiger partial charge in [-0.1, -0.05) is 6.92 Å². The highest BCUT2D eigenvalue weighted by Crippen LogP contribution is 2.34. The van der Waals surface area contributed by atoms with Gasteiger partial charge in [0.2, 0.25) is 0 Å². The molecule has 0 amide bonds. The fraction of sp³-hybridized carbons (Fsp3) is 0.875. The summed E-state index contributed by atoms with van der Waals surface area (Å²) in [5.41, 5.74) is -1.10. The smallest absolute Gasteiger partial charge is 0.133 e. The van der Waals surface area contributed by atoms with Gasteiger partial charge in [-0.15, -0.1) is 0 Å². The third kappa shape index (κ3) is 1.36. The fourth-order valence-corrected chi connectivity index (χ4v) is 1.29. The van der Waals surface area contributed by atoms with Gasteiger partial charge in [-0.05, 0) is 19.3 Å². The van der Waals surface area contributed by atoms with Crippen LogP contribution in [-0.2, 0) is 4.79 Å². The lowest BCUT2D eigenvalue weighted by Crippen LogP contribution is -2.34. The van der Waals surface area contributed by atoms with Crippen LogP contribution in [0.15, 0.2) is 0 Å². The number of rotatable bonds is 0. The summed E-state index contributed by atoms with van der Waals surface area (Å²) in [6.07, 6.45) is 1.26. The molecule has 1 aliphatic carbocycles. The molecule has 0 aromatic rings. The minimum atomic E-state index is -1.10. The van der Waals surface area contributed by atoms with Crippen molar-refractivity contribution in [2.45, 2.75) is 38.8 Å². The Labute approximate surface area is 60.6 Å². The van der Waals surface area contributed by atoms with Gasteiger partial charge in [0.15, 0.2) is 0 Å². The number of carbonyl (C=O) groups excluding carboxylic acids is 1. The molecular formula is C8H13FO. The molecule has 0 aromatic heterocycles. The van der Waals surface area contributed by atoms with Gasteiger partial charge in [0.25, 0.3) is 0 Å². The Balaban J connectivity index is 2.60. The lowest BCUT2D eigenvalue weighted by molar-refractivity contribution is -0.125. The van der Waals surface area contributed by atoms with E-state index >= 15 is 0 Å². The van der Waals surface area contributed by atoms with Crippen LogP contribution in [0.1, 0.15) is 33.1 Å². The lowest BCUT2D eigenvalue weighted by Gasteiger charge is -2.31. The summed E-state index contributed by atoms with van der Waals surface area (Å²) in [7, 11) is 0. The molecular weight excluding hydrogens is 131 g/mol. The van der Waals surface area contributed by atoms with Crippen LogP contribution in [0.25, 0.3) is 0 Å². The molecule has 58 valence electrons. The Morgan fingerprint density at radius 2 is 2.30 bits per heavy atom. The molecule has 1 saturated carbocycles. The van der Waals surface area contributed by atoms with Crippen LogP contribution in [0.4, 0.5) is 4.39 Å². The Hall–Kier alpha value is -0.400. The summed E-state index contributed by atoms with van der Waals surface area (Å²) in [4.78, 5) is 10.8. The van der Waals surface area contributed by atoms with Crippen molar-refractivity contribution in [3.8, 4) is 0 Å². The Morgan fingerprint density at radius 3 is 2.70 bits per heavy atom. The van der Waals surface area contributed by atoms with Crippen LogP contribution in [0.2, 0.25) is 0 Å². The van der Waals surface area contributed by atoms with Gasteiger partial charge in [-0.25, -0.2) is 4.39 Å². The van der Waals surface area contributed by atoms with Crippen molar-refractivity contribution < 1.29 is 9.18 Å². The first kappa shape index (κ1) is 7.70. The van der Waals surface area contributed by atoms with E-state index in [2.05, 4.69) is 0 Å². The van der Waals surface area contributed by atoms with Crippen molar-refractivity contribution in [1.29, 1.82) is 0 Å². The molecule has 1 fully saturated rings. The molecule has 10 heavy (non-hydrogen) atoms. The summed E-state index contributed by atoms with van der Waals surface area (Å²) >= 11 is 0. The summed E-state index contributed by atoms with van der Waals surface area (Å²) < 4.78 is 13.3. The number of halogens is 1. The normalized spacial score (nSPS) is 41.9. The van der Waals surface area contributed by atoms with E-state index in [0.717, 1.165) is 0 Å². The average Bonchev–Trinajstić information content (AvgIpc) is 1.81. The Morgan fingerprint density at radius 1 is 1.70 bits per heavy atom. The SMILES string of the molecule is CC1CC(=O)CCC1(C)F. The van der Waals surface area contributed by atoms with E-state index in [9.17, 15) is 9.18 Å². The quantitative estimate of drug-likeness (QED) is 0.509. The predicted molar refractivity (Wildman–Crippen MR) is 37.5 cm³/mol. The Bertz CT molecular complexity index is 151. The average molecular weight is 144 g/mol. The van der Waals surface area contributed by atoms with Gasteiger partial charge < -0.3 is 0 Å². The molecule has 0 saturated heterocycles. The molecule has 0 bridgehead atoms. The van der Waals surface area contributed by atoms with Gasteiger partial charge in [-0.2, -0.15) is 0 Å². The van der Waals surface area contributed by atoms with E-state index in [0.29, 0.717) is 19.3 Å². The largest absolute Gasteiger partial charge is 0.300 e. The summed E-state index contributed by atoms with van der Waals surface area (Å²) in [5, 5.41) is 0. The second-order valence-electron chi connectivity index (χ2n) is 3.42. The second kappa shape index (κ2) is 2.33. The molecule has 0 aliphatic heterocycles. The molecule has 2 atom stereocenters. The zero-order valence-electron chi connectivity index (χ0n) is 6.48. The zero-order valence-corrected chi connectivity index (χ0v) is 6.48. The van der Waals surface area contributed by atoms with Crippen molar-refractivity contribution in [3.63, 3.8) is 0 Å². The first-order valence-electron chi connectivity index (χ1n) is 3.73. The van der Waals surface area contributed by atoms with E-state index in [1.54, 1.807) is 13.8 Å². The number of ketones is 1. The van der Waals surface area contributed by atoms with Gasteiger partial charge >= 0.3 is 0 Å². The molecule has 1 aliphatic rings. The van der Waals surface area contributed by atoms with E-state index in [-0.39, 0.29) is 11.7 Å². The molecule has 0 radical (unpaired) electrons. The van der Waals surface area contributed by atoms with E-state index in [1.165, 1.54) is 0 Å². The van der Waals surface area contributed by atoms with E-state index in [4.69, 9.17) is 0 Å². The summed E-state index contributed by atoms with van der Waals surface area (Å²) in [6, 6.07) is 0. The number of carbonyl (C=O) groups is 1. The monoisotopic (exact) mass is 144 g/mol. The highest BCUT2D eigenvalue weighted by atomic mass is 19.1. The summed E-state index contributed by atoms with van der Waals surface area (Å²) in [6.45, 7) is 3.39. The molecule has 1 rings (SSSR count). The van der Waals surface area contributed by atoms with Crippen LogP contribution in [0.5, 0.6) is 0 Å². The highest BCUT2D eigenvalue weighted by molar-refractivity contribution is 5.79. The molecule has 2 unspecified atom stereocenters. The van der Waals surface area contributed by atoms with Crippen LogP contribution in [-0.4, -0.2) is 11.5 Å². The van der Waals surface area contributed by atoms with Crippen molar-refractivity contribution >= 4 is 5.78 Å². The van der Waals surface area contributed by atoms with Gasteiger partial charge in [0.05, 0.1) is 0 Å². The van der Waals surface area contributed by atoms with Crippen molar-refractivity contribution in [3.05, 3.63) is 0 Å². The predicted octanol–water partition coefficient (Wildman–Crippen LogP) is 2.10. The fourth-order valence-electron chi connectivity index (χ4n) is 1.29. The molecule has 0 heterocycles. The number of hydrogen-bond donors (Lipinski definition) is 0. The Kier molecular flexibility index (Phi) is 1.80. The van der Waals surface area contributed by atoms with Crippen molar-refractivity contribution in [2.75, 3.05) is 0 Å². The lowest BCUT2D eigenvalue weighted by atomic mass is 9.79. The topological polar surface area (TPSA) is 17.1 Å². The van der Waals surface area contributed by atoms with Crippen LogP contribution < -0.4 is 0 Å². The zero-order chi connectivity index (χ0) is 7.78. The third-order valence-corrected chi connectivity index (χ3v) is 2.45. The first-order valence-corrected chi connectivity index (χ1v) is 3.73. The second-order valence-corrected chi connectivity index (χ2v) is 3.42. The third-order valence-electron chi connectivity index (χ3n) is 2.45. The number of alkyl halides is 1. The maximum atomic E-state index is 13.3. The van der Waals surface area contributed by atoms with Gasteiger partial charge in [-0.3, -0.25) is 4.79 Å². The molecule has 0 aromatic carbocycles. The maximum absolute atomic E-state index is 13.3. The maximum Gasteiger partial charge on any atom is 0.133 e. The standard InChI is InChI=1S/C8H13FO/c1-6-5-7(10)3-4-8(6,2)9/h6H,3-5H2,1-2H3. The summed E-state index contributed by atoms with van der Waals surface area (Å²) in [5.74, 6) is 0.122. The molecule has 2 heteroatoms. The van der Waals surface area contributed by atoms with E-state index < -0.39 is 5.67 Å². The van der Waals surface area contributed by atoms with Crippen molar-refractivity contribution in [2.24, 2.45) is 5.92 Å². The van der Waals surface area contributed by atoms with Crippen LogP contribution in [0, 0.1) is 5.92 Å². The van der Waals surface area contributed by atoms with Crippen LogP contribution in [0.3, 0.4) is 0 Å². The minimum absolute atomic E-state index is 0.0891. The van der Waals surface area contributed by atoms with Gasteiger partial charge in [0.1, 0.15) is 11.5 Å². The number of hydrogen-bond acceptors (Lipinski definition) is 1.